The summed E-state index contributed by atoms with van der Waals surface area (Å²) in [5.74, 6) is 0.184. The summed E-state index contributed by atoms with van der Waals surface area (Å²) >= 11 is 3.39. The minimum atomic E-state index is 0.184. The number of hydrogen-bond acceptors (Lipinski definition) is 3. The van der Waals surface area contributed by atoms with Gasteiger partial charge in [0.2, 0.25) is 0 Å². The molecule has 2 rings (SSSR count). The molecule has 1 fully saturated rings. The van der Waals surface area contributed by atoms with Crippen molar-refractivity contribution in [3.05, 3.63) is 28.2 Å². The van der Waals surface area contributed by atoms with Crippen molar-refractivity contribution in [3.63, 3.8) is 0 Å². The van der Waals surface area contributed by atoms with Crippen LogP contribution in [0.25, 0.3) is 0 Å². The van der Waals surface area contributed by atoms with Crippen molar-refractivity contribution in [1.82, 2.24) is 0 Å². The summed E-state index contributed by atoms with van der Waals surface area (Å²) in [6.45, 7) is 1.68. The van der Waals surface area contributed by atoms with E-state index in [1.165, 1.54) is 0 Å². The molecular formula is C13H13BrN2O. The van der Waals surface area contributed by atoms with Crippen LogP contribution in [-0.2, 0) is 4.79 Å². The molecule has 0 unspecified atom stereocenters. The molecule has 88 valence electrons. The van der Waals surface area contributed by atoms with Crippen molar-refractivity contribution in [2.24, 2.45) is 5.92 Å². The summed E-state index contributed by atoms with van der Waals surface area (Å²) in [4.78, 5) is 12.9. The van der Waals surface area contributed by atoms with E-state index in [0.717, 1.165) is 42.4 Å². The second-order valence-corrected chi connectivity index (χ2v) is 5.06. The number of nitrogens with zero attached hydrogens (tertiary/aromatic N) is 2. The quantitative estimate of drug-likeness (QED) is 0.788. The Morgan fingerprint density at radius 1 is 1.41 bits per heavy atom. The number of carbonyl (C=O) groups is 1. The topological polar surface area (TPSA) is 44.1 Å². The SMILES string of the molecule is N#Cc1c(Br)cccc1N1CCC(C=O)CC1. The Labute approximate surface area is 109 Å². The van der Waals surface area contributed by atoms with Crippen LogP contribution in [0.1, 0.15) is 18.4 Å². The lowest BCUT2D eigenvalue weighted by Gasteiger charge is -2.32. The van der Waals surface area contributed by atoms with E-state index in [1.807, 2.05) is 18.2 Å². The van der Waals surface area contributed by atoms with Gasteiger partial charge in [-0.15, -0.1) is 0 Å². The first-order valence-electron chi connectivity index (χ1n) is 5.65. The van der Waals surface area contributed by atoms with E-state index in [1.54, 1.807) is 0 Å². The number of carbonyl (C=O) groups excluding carboxylic acids is 1. The number of halogens is 1. The number of benzene rings is 1. The highest BCUT2D eigenvalue weighted by Gasteiger charge is 2.21. The normalized spacial score (nSPS) is 16.6. The molecule has 3 nitrogen and oxygen atoms in total. The van der Waals surface area contributed by atoms with E-state index in [-0.39, 0.29) is 5.92 Å². The lowest BCUT2D eigenvalue weighted by atomic mass is 9.97. The average Bonchev–Trinajstić information content (AvgIpc) is 2.38. The Kier molecular flexibility index (Phi) is 3.80. The summed E-state index contributed by atoms with van der Waals surface area (Å²) in [5, 5.41) is 9.17. The van der Waals surface area contributed by atoms with Gasteiger partial charge in [-0.2, -0.15) is 5.26 Å². The van der Waals surface area contributed by atoms with Gasteiger partial charge in [-0.1, -0.05) is 6.07 Å². The summed E-state index contributed by atoms with van der Waals surface area (Å²) in [7, 11) is 0. The molecule has 1 aliphatic rings. The Morgan fingerprint density at radius 3 is 2.71 bits per heavy atom. The second-order valence-electron chi connectivity index (χ2n) is 4.21. The zero-order valence-corrected chi connectivity index (χ0v) is 11.0. The van der Waals surface area contributed by atoms with Crippen LogP contribution in [0.4, 0.5) is 5.69 Å². The molecule has 0 bridgehead atoms. The van der Waals surface area contributed by atoms with Crippen molar-refractivity contribution in [2.75, 3.05) is 18.0 Å². The largest absolute Gasteiger partial charge is 0.370 e. The molecule has 0 aromatic heterocycles. The first-order chi connectivity index (χ1) is 8.26. The molecule has 1 saturated heterocycles. The van der Waals surface area contributed by atoms with Crippen LogP contribution in [0.3, 0.4) is 0 Å². The maximum atomic E-state index is 10.7. The zero-order chi connectivity index (χ0) is 12.3. The van der Waals surface area contributed by atoms with Gasteiger partial charge < -0.3 is 9.69 Å². The molecule has 0 saturated carbocycles. The van der Waals surface area contributed by atoms with Crippen molar-refractivity contribution in [2.45, 2.75) is 12.8 Å². The first kappa shape index (κ1) is 12.1. The first-order valence-corrected chi connectivity index (χ1v) is 6.44. The Morgan fingerprint density at radius 2 is 2.12 bits per heavy atom. The lowest BCUT2D eigenvalue weighted by molar-refractivity contribution is -0.111. The molecule has 0 atom stereocenters. The fourth-order valence-corrected chi connectivity index (χ4v) is 2.61. The van der Waals surface area contributed by atoms with Crippen molar-refractivity contribution < 1.29 is 4.79 Å². The molecule has 0 radical (unpaired) electrons. The maximum Gasteiger partial charge on any atom is 0.123 e. The van der Waals surface area contributed by atoms with E-state index >= 15 is 0 Å². The molecule has 1 aliphatic heterocycles. The molecule has 0 spiro atoms. The lowest BCUT2D eigenvalue weighted by Crippen LogP contribution is -2.34. The average molecular weight is 293 g/mol. The summed E-state index contributed by atoms with van der Waals surface area (Å²) in [6, 6.07) is 8.00. The van der Waals surface area contributed by atoms with Crippen LogP contribution in [-0.4, -0.2) is 19.4 Å². The van der Waals surface area contributed by atoms with Crippen LogP contribution < -0.4 is 4.90 Å². The highest BCUT2D eigenvalue weighted by atomic mass is 79.9. The fourth-order valence-electron chi connectivity index (χ4n) is 2.16. The van der Waals surface area contributed by atoms with Crippen molar-refractivity contribution in [3.8, 4) is 6.07 Å². The highest BCUT2D eigenvalue weighted by molar-refractivity contribution is 9.10. The molecule has 1 aromatic carbocycles. The predicted octanol–water partition coefficient (Wildman–Crippen LogP) is 2.74. The number of piperidine rings is 1. The fraction of sp³-hybridized carbons (Fsp3) is 0.385. The number of rotatable bonds is 2. The molecule has 0 aliphatic carbocycles. The summed E-state index contributed by atoms with van der Waals surface area (Å²) < 4.78 is 0.829. The van der Waals surface area contributed by atoms with E-state index in [2.05, 4.69) is 26.9 Å². The van der Waals surface area contributed by atoms with Gasteiger partial charge in [0.05, 0.1) is 11.3 Å². The highest BCUT2D eigenvalue weighted by Crippen LogP contribution is 2.29. The number of anilines is 1. The number of hydrogen-bond donors (Lipinski definition) is 0. The van der Waals surface area contributed by atoms with Gasteiger partial charge in [0.15, 0.2) is 0 Å². The Hall–Kier alpha value is -1.34. The summed E-state index contributed by atoms with van der Waals surface area (Å²) in [5.41, 5.74) is 1.64. The van der Waals surface area contributed by atoms with Crippen LogP contribution in [0.15, 0.2) is 22.7 Å². The molecule has 1 aromatic rings. The minimum absolute atomic E-state index is 0.184. The van der Waals surface area contributed by atoms with Gasteiger partial charge >= 0.3 is 0 Å². The van der Waals surface area contributed by atoms with Crippen LogP contribution >= 0.6 is 15.9 Å². The predicted molar refractivity (Wildman–Crippen MR) is 69.9 cm³/mol. The number of aldehydes is 1. The molecule has 4 heteroatoms. The minimum Gasteiger partial charge on any atom is -0.370 e. The molecule has 17 heavy (non-hydrogen) atoms. The van der Waals surface area contributed by atoms with E-state index in [0.29, 0.717) is 5.56 Å². The third-order valence-corrected chi connectivity index (χ3v) is 3.84. The number of nitriles is 1. The molecule has 1 heterocycles. The van der Waals surface area contributed by atoms with Gasteiger partial charge in [0, 0.05) is 23.5 Å². The smallest absolute Gasteiger partial charge is 0.123 e. The molecule has 0 amide bonds. The van der Waals surface area contributed by atoms with E-state index < -0.39 is 0 Å². The van der Waals surface area contributed by atoms with Gasteiger partial charge in [0.1, 0.15) is 12.4 Å². The third-order valence-electron chi connectivity index (χ3n) is 3.18. The standard InChI is InChI=1S/C13H13BrN2O/c14-12-2-1-3-13(11(12)8-15)16-6-4-10(9-17)5-7-16/h1-3,9-10H,4-7H2. The van der Waals surface area contributed by atoms with Crippen molar-refractivity contribution in [1.29, 1.82) is 5.26 Å². The van der Waals surface area contributed by atoms with E-state index in [4.69, 9.17) is 5.26 Å². The van der Waals surface area contributed by atoms with Crippen LogP contribution in [0, 0.1) is 17.2 Å². The monoisotopic (exact) mass is 292 g/mol. The van der Waals surface area contributed by atoms with Crippen molar-refractivity contribution >= 4 is 27.9 Å². The molecule has 0 N–H and O–H groups in total. The zero-order valence-electron chi connectivity index (χ0n) is 9.40. The Bertz CT molecular complexity index is 459. The third kappa shape index (κ3) is 2.50. The van der Waals surface area contributed by atoms with Crippen LogP contribution in [0.2, 0.25) is 0 Å². The second kappa shape index (κ2) is 5.33. The van der Waals surface area contributed by atoms with Gasteiger partial charge in [0.25, 0.3) is 0 Å². The molecular weight excluding hydrogens is 280 g/mol. The van der Waals surface area contributed by atoms with Crippen LogP contribution in [0.5, 0.6) is 0 Å². The maximum absolute atomic E-state index is 10.7. The van der Waals surface area contributed by atoms with Gasteiger partial charge in [-0.3, -0.25) is 0 Å². The Balaban J connectivity index is 2.22. The summed E-state index contributed by atoms with van der Waals surface area (Å²) in [6.07, 6.45) is 2.80. The van der Waals surface area contributed by atoms with Gasteiger partial charge in [-0.05, 0) is 40.9 Å². The van der Waals surface area contributed by atoms with Gasteiger partial charge in [-0.25, -0.2) is 0 Å². The van der Waals surface area contributed by atoms with E-state index in [9.17, 15) is 4.79 Å².